The SMILES string of the molecule is O=C(c1cc2c(F)cccc2s1)N1CCN(S(=O)(=O)c2ccccc2F)CC1. The second-order valence-electron chi connectivity index (χ2n) is 6.39. The third kappa shape index (κ3) is 3.30. The van der Waals surface area contributed by atoms with Crippen molar-refractivity contribution in [2.45, 2.75) is 4.90 Å². The average molecular weight is 422 g/mol. The third-order valence-corrected chi connectivity index (χ3v) is 7.72. The standard InChI is InChI=1S/C19H16F2N2O3S2/c20-14-5-3-6-16-13(14)12-17(27-16)19(24)22-8-10-23(11-9-22)28(25,26)18-7-2-1-4-15(18)21/h1-7,12H,8-11H2. The van der Waals surface area contributed by atoms with E-state index in [-0.39, 0.29) is 42.8 Å². The molecule has 0 saturated carbocycles. The molecule has 4 rings (SSSR count). The molecule has 1 saturated heterocycles. The fraction of sp³-hybridized carbons (Fsp3) is 0.211. The van der Waals surface area contributed by atoms with E-state index in [9.17, 15) is 22.0 Å². The summed E-state index contributed by atoms with van der Waals surface area (Å²) in [5, 5.41) is 0.400. The average Bonchev–Trinajstić information content (AvgIpc) is 3.13. The summed E-state index contributed by atoms with van der Waals surface area (Å²) in [5.41, 5.74) is 0. The fourth-order valence-electron chi connectivity index (χ4n) is 3.21. The Morgan fingerprint density at radius 1 is 0.929 bits per heavy atom. The molecule has 0 bridgehead atoms. The Morgan fingerprint density at radius 3 is 2.29 bits per heavy atom. The molecule has 0 N–H and O–H groups in total. The van der Waals surface area contributed by atoms with Crippen molar-refractivity contribution in [3.05, 3.63) is 65.0 Å². The number of piperazine rings is 1. The highest BCUT2D eigenvalue weighted by Crippen LogP contribution is 2.29. The number of halogens is 2. The second kappa shape index (κ2) is 7.23. The maximum Gasteiger partial charge on any atom is 0.264 e. The Hall–Kier alpha value is -2.36. The fourth-order valence-corrected chi connectivity index (χ4v) is 5.74. The summed E-state index contributed by atoms with van der Waals surface area (Å²) < 4.78 is 54.9. The van der Waals surface area contributed by atoms with Crippen molar-refractivity contribution in [3.8, 4) is 0 Å². The van der Waals surface area contributed by atoms with Gasteiger partial charge in [-0.1, -0.05) is 18.2 Å². The van der Waals surface area contributed by atoms with Gasteiger partial charge in [0.05, 0.1) is 4.88 Å². The van der Waals surface area contributed by atoms with Gasteiger partial charge in [-0.15, -0.1) is 11.3 Å². The van der Waals surface area contributed by atoms with Gasteiger partial charge in [0.1, 0.15) is 16.5 Å². The summed E-state index contributed by atoms with van der Waals surface area (Å²) in [5.74, 6) is -1.44. The molecule has 1 aliphatic heterocycles. The summed E-state index contributed by atoms with van der Waals surface area (Å²) >= 11 is 1.21. The van der Waals surface area contributed by atoms with Crippen molar-refractivity contribution in [3.63, 3.8) is 0 Å². The van der Waals surface area contributed by atoms with Crippen LogP contribution in [0.5, 0.6) is 0 Å². The van der Waals surface area contributed by atoms with E-state index in [4.69, 9.17) is 0 Å². The minimum atomic E-state index is -3.96. The quantitative estimate of drug-likeness (QED) is 0.651. The number of carbonyl (C=O) groups is 1. The maximum absolute atomic E-state index is 13.9. The van der Waals surface area contributed by atoms with Crippen LogP contribution in [0.4, 0.5) is 8.78 Å². The minimum absolute atomic E-state index is 0.0711. The Balaban J connectivity index is 1.50. The van der Waals surface area contributed by atoms with Crippen molar-refractivity contribution < 1.29 is 22.0 Å². The number of thiophene rings is 1. The molecule has 0 aliphatic carbocycles. The van der Waals surface area contributed by atoms with Crippen molar-refractivity contribution in [2.24, 2.45) is 0 Å². The molecule has 28 heavy (non-hydrogen) atoms. The molecule has 0 radical (unpaired) electrons. The monoisotopic (exact) mass is 422 g/mol. The highest BCUT2D eigenvalue weighted by atomic mass is 32.2. The molecule has 1 aromatic heterocycles. The highest BCUT2D eigenvalue weighted by Gasteiger charge is 2.32. The molecule has 9 heteroatoms. The van der Waals surface area contributed by atoms with Crippen molar-refractivity contribution >= 4 is 37.4 Å². The Bertz CT molecular complexity index is 1150. The van der Waals surface area contributed by atoms with Crippen molar-refractivity contribution in [1.29, 1.82) is 0 Å². The summed E-state index contributed by atoms with van der Waals surface area (Å²) in [6.45, 7) is 0.510. The molecule has 1 amide bonds. The zero-order valence-corrected chi connectivity index (χ0v) is 16.3. The van der Waals surface area contributed by atoms with Gasteiger partial charge in [0, 0.05) is 36.3 Å². The zero-order chi connectivity index (χ0) is 19.9. The van der Waals surface area contributed by atoms with E-state index in [2.05, 4.69) is 0 Å². The van der Waals surface area contributed by atoms with Crippen LogP contribution in [-0.2, 0) is 10.0 Å². The minimum Gasteiger partial charge on any atom is -0.335 e. The first-order valence-corrected chi connectivity index (χ1v) is 10.9. The number of carbonyl (C=O) groups excluding carboxylic acids is 1. The summed E-state index contributed by atoms with van der Waals surface area (Å²) in [6.07, 6.45) is 0. The van der Waals surface area contributed by atoms with E-state index < -0.39 is 15.8 Å². The number of hydrogen-bond acceptors (Lipinski definition) is 4. The lowest BCUT2D eigenvalue weighted by Gasteiger charge is -2.33. The van der Waals surface area contributed by atoms with Crippen molar-refractivity contribution in [2.75, 3.05) is 26.2 Å². The first-order chi connectivity index (χ1) is 13.4. The Morgan fingerprint density at radius 2 is 1.61 bits per heavy atom. The number of nitrogens with zero attached hydrogens (tertiary/aromatic N) is 2. The summed E-state index contributed by atoms with van der Waals surface area (Å²) in [6, 6.07) is 11.4. The smallest absolute Gasteiger partial charge is 0.264 e. The van der Waals surface area contributed by atoms with Crippen molar-refractivity contribution in [1.82, 2.24) is 9.21 Å². The van der Waals surface area contributed by atoms with Gasteiger partial charge in [-0.2, -0.15) is 4.31 Å². The van der Waals surface area contributed by atoms with Gasteiger partial charge in [0.25, 0.3) is 5.91 Å². The van der Waals surface area contributed by atoms with Crippen LogP contribution in [-0.4, -0.2) is 49.7 Å². The predicted molar refractivity (Wildman–Crippen MR) is 103 cm³/mol. The molecular formula is C19H16F2N2O3S2. The van der Waals surface area contributed by atoms with E-state index in [1.54, 1.807) is 12.1 Å². The van der Waals surface area contributed by atoms with Gasteiger partial charge in [-0.25, -0.2) is 17.2 Å². The topological polar surface area (TPSA) is 57.7 Å². The second-order valence-corrected chi connectivity index (χ2v) is 9.38. The molecule has 1 fully saturated rings. The predicted octanol–water partition coefficient (Wildman–Crippen LogP) is 3.33. The van der Waals surface area contributed by atoms with Crippen LogP contribution in [0.1, 0.15) is 9.67 Å². The normalized spacial score (nSPS) is 15.9. The highest BCUT2D eigenvalue weighted by molar-refractivity contribution is 7.89. The number of amides is 1. The lowest BCUT2D eigenvalue weighted by atomic mass is 10.2. The summed E-state index contributed by atoms with van der Waals surface area (Å²) in [7, 11) is -3.96. The molecule has 3 aromatic rings. The Labute approximate surface area is 164 Å². The van der Waals surface area contributed by atoms with Gasteiger partial charge in [0.2, 0.25) is 10.0 Å². The lowest BCUT2D eigenvalue weighted by molar-refractivity contribution is 0.0702. The van der Waals surface area contributed by atoms with Gasteiger partial charge in [-0.05, 0) is 30.3 Å². The van der Waals surface area contributed by atoms with E-state index >= 15 is 0 Å². The van der Waals surface area contributed by atoms with E-state index in [1.165, 1.54) is 50.9 Å². The number of sulfonamides is 1. The molecule has 2 heterocycles. The molecule has 146 valence electrons. The first-order valence-electron chi connectivity index (χ1n) is 8.60. The number of rotatable bonds is 3. The molecule has 0 unspecified atom stereocenters. The van der Waals surface area contributed by atoms with E-state index in [0.717, 1.165) is 6.07 Å². The Kier molecular flexibility index (Phi) is 4.90. The van der Waals surface area contributed by atoms with Crippen LogP contribution in [0.2, 0.25) is 0 Å². The van der Waals surface area contributed by atoms with E-state index in [1.807, 2.05) is 0 Å². The molecular weight excluding hydrogens is 406 g/mol. The summed E-state index contributed by atoms with van der Waals surface area (Å²) in [4.78, 5) is 14.3. The number of hydrogen-bond donors (Lipinski definition) is 0. The van der Waals surface area contributed by atoms with Crippen LogP contribution >= 0.6 is 11.3 Å². The molecule has 2 aromatic carbocycles. The van der Waals surface area contributed by atoms with Crippen LogP contribution in [0.25, 0.3) is 10.1 Å². The lowest BCUT2D eigenvalue weighted by Crippen LogP contribution is -2.50. The molecule has 5 nitrogen and oxygen atoms in total. The van der Waals surface area contributed by atoms with Crippen LogP contribution in [0, 0.1) is 11.6 Å². The van der Waals surface area contributed by atoms with Crippen LogP contribution in [0.15, 0.2) is 53.4 Å². The van der Waals surface area contributed by atoms with Crippen LogP contribution in [0.3, 0.4) is 0 Å². The van der Waals surface area contributed by atoms with Crippen LogP contribution < -0.4 is 0 Å². The number of fused-ring (bicyclic) bond motifs is 1. The maximum atomic E-state index is 13.9. The van der Waals surface area contributed by atoms with E-state index in [0.29, 0.717) is 15.0 Å². The largest absolute Gasteiger partial charge is 0.335 e. The number of benzene rings is 2. The third-order valence-electron chi connectivity index (χ3n) is 4.70. The van der Waals surface area contributed by atoms with Gasteiger partial charge in [0.15, 0.2) is 0 Å². The molecule has 1 aliphatic rings. The van der Waals surface area contributed by atoms with Gasteiger partial charge < -0.3 is 4.90 Å². The molecule has 0 atom stereocenters. The van der Waals surface area contributed by atoms with Gasteiger partial charge in [-0.3, -0.25) is 4.79 Å². The zero-order valence-electron chi connectivity index (χ0n) is 14.6. The first kappa shape index (κ1) is 19.0. The van der Waals surface area contributed by atoms with Gasteiger partial charge >= 0.3 is 0 Å². The molecule has 0 spiro atoms.